The maximum absolute atomic E-state index is 11.8. The molecule has 2 rings (SSSR count). The zero-order valence-corrected chi connectivity index (χ0v) is 11.2. The molecule has 0 spiro atoms. The Hall–Kier alpha value is -1.61. The third-order valence-electron chi connectivity index (χ3n) is 3.28. The smallest absolute Gasteiger partial charge is 0.263 e. The third kappa shape index (κ3) is 2.46. The summed E-state index contributed by atoms with van der Waals surface area (Å²) >= 11 is 0. The Kier molecular flexibility index (Phi) is 3.53. The number of rotatable bonds is 3. The first-order chi connectivity index (χ1) is 8.54. The van der Waals surface area contributed by atoms with Crippen LogP contribution in [0.5, 0.6) is 0 Å². The Morgan fingerprint density at radius 2 is 2.00 bits per heavy atom. The Bertz CT molecular complexity index is 489. The van der Waals surface area contributed by atoms with Crippen molar-refractivity contribution >= 4 is 12.0 Å². The Morgan fingerprint density at radius 1 is 1.28 bits per heavy atom. The van der Waals surface area contributed by atoms with E-state index in [4.69, 9.17) is 0 Å². The van der Waals surface area contributed by atoms with Gasteiger partial charge in [0.15, 0.2) is 0 Å². The minimum atomic E-state index is -0.323. The van der Waals surface area contributed by atoms with E-state index in [-0.39, 0.29) is 11.4 Å². The van der Waals surface area contributed by atoms with Gasteiger partial charge in [-0.25, -0.2) is 5.43 Å². The molecule has 1 aromatic carbocycles. The predicted octanol–water partition coefficient (Wildman–Crippen LogP) is 2.44. The third-order valence-corrected chi connectivity index (χ3v) is 3.28. The van der Waals surface area contributed by atoms with Crippen LogP contribution in [-0.4, -0.2) is 11.4 Å². The van der Waals surface area contributed by atoms with Crippen molar-refractivity contribution in [2.75, 3.05) is 0 Å². The fourth-order valence-corrected chi connectivity index (χ4v) is 2.20. The van der Waals surface area contributed by atoms with Gasteiger partial charge >= 0.3 is 0 Å². The molecule has 0 bridgehead atoms. The quantitative estimate of drug-likeness (QED) is 0.802. The zero-order valence-electron chi connectivity index (χ0n) is 11.2. The predicted molar refractivity (Wildman–Crippen MR) is 73.8 cm³/mol. The normalized spacial score (nSPS) is 20.2. The van der Waals surface area contributed by atoms with Crippen molar-refractivity contribution in [2.24, 2.45) is 0 Å². The van der Waals surface area contributed by atoms with E-state index in [0.717, 1.165) is 24.0 Å². The van der Waals surface area contributed by atoms with E-state index in [2.05, 4.69) is 29.9 Å². The van der Waals surface area contributed by atoms with Gasteiger partial charge in [-0.3, -0.25) is 10.2 Å². The lowest BCUT2D eigenvalue weighted by molar-refractivity contribution is -0.116. The standard InChI is InChI=1S/C15H20N2O/c1-4-7-11-8-5-6-9-12(11)10-13-14(18)16-17-15(13,2)3/h5-6,8-10,17H,4,7H2,1-3H3,(H,16,18)/b13-10+. The van der Waals surface area contributed by atoms with Crippen LogP contribution in [0.3, 0.4) is 0 Å². The number of hydrogen-bond acceptors (Lipinski definition) is 2. The van der Waals surface area contributed by atoms with E-state index in [1.54, 1.807) is 0 Å². The summed E-state index contributed by atoms with van der Waals surface area (Å²) in [6, 6.07) is 8.26. The fourth-order valence-electron chi connectivity index (χ4n) is 2.20. The molecule has 2 N–H and O–H groups in total. The van der Waals surface area contributed by atoms with Gasteiger partial charge in [-0.2, -0.15) is 0 Å². The largest absolute Gasteiger partial charge is 0.287 e. The number of carbonyl (C=O) groups is 1. The Morgan fingerprint density at radius 3 is 2.61 bits per heavy atom. The summed E-state index contributed by atoms with van der Waals surface area (Å²) in [5.74, 6) is -0.0358. The summed E-state index contributed by atoms with van der Waals surface area (Å²) in [5, 5.41) is 0. The molecule has 0 aliphatic carbocycles. The van der Waals surface area contributed by atoms with Gasteiger partial charge in [0.05, 0.1) is 5.54 Å². The topological polar surface area (TPSA) is 41.1 Å². The molecule has 1 aliphatic rings. The fraction of sp³-hybridized carbons (Fsp3) is 0.400. The average molecular weight is 244 g/mol. The van der Waals surface area contributed by atoms with Crippen molar-refractivity contribution in [3.8, 4) is 0 Å². The van der Waals surface area contributed by atoms with Crippen molar-refractivity contribution in [1.82, 2.24) is 10.9 Å². The van der Waals surface area contributed by atoms with Crippen molar-refractivity contribution in [3.63, 3.8) is 0 Å². The molecule has 1 heterocycles. The highest BCUT2D eigenvalue weighted by Crippen LogP contribution is 2.24. The molecule has 0 saturated carbocycles. The molecule has 3 heteroatoms. The van der Waals surface area contributed by atoms with Gasteiger partial charge in [0, 0.05) is 5.57 Å². The molecule has 1 fully saturated rings. The lowest BCUT2D eigenvalue weighted by atomic mass is 9.92. The zero-order chi connectivity index (χ0) is 13.2. The number of carbonyl (C=O) groups excluding carboxylic acids is 1. The Balaban J connectivity index is 2.41. The molecule has 0 atom stereocenters. The summed E-state index contributed by atoms with van der Waals surface area (Å²) in [6.45, 7) is 6.16. The molecule has 1 saturated heterocycles. The van der Waals surface area contributed by atoms with Gasteiger partial charge in [-0.1, -0.05) is 37.6 Å². The number of aryl methyl sites for hydroxylation is 1. The van der Waals surface area contributed by atoms with Crippen LogP contribution in [-0.2, 0) is 11.2 Å². The molecule has 1 aliphatic heterocycles. The van der Waals surface area contributed by atoms with Gasteiger partial charge in [-0.15, -0.1) is 0 Å². The summed E-state index contributed by atoms with van der Waals surface area (Å²) in [5.41, 5.74) is 8.57. The number of hydrazine groups is 1. The molecule has 96 valence electrons. The summed E-state index contributed by atoms with van der Waals surface area (Å²) in [7, 11) is 0. The molecule has 1 amide bonds. The number of hydrogen-bond donors (Lipinski definition) is 2. The second-order valence-corrected chi connectivity index (χ2v) is 5.21. The Labute approximate surface area is 108 Å². The van der Waals surface area contributed by atoms with Crippen LogP contribution < -0.4 is 10.9 Å². The lowest BCUT2D eigenvalue weighted by Gasteiger charge is -2.17. The van der Waals surface area contributed by atoms with Crippen molar-refractivity contribution in [3.05, 3.63) is 41.0 Å². The molecule has 0 radical (unpaired) electrons. The first-order valence-corrected chi connectivity index (χ1v) is 6.42. The van der Waals surface area contributed by atoms with Gasteiger partial charge in [0.2, 0.25) is 0 Å². The molecule has 0 unspecified atom stereocenters. The average Bonchev–Trinajstić information content (AvgIpc) is 2.59. The van der Waals surface area contributed by atoms with Crippen LogP contribution in [0.4, 0.5) is 0 Å². The van der Waals surface area contributed by atoms with Crippen molar-refractivity contribution in [2.45, 2.75) is 39.2 Å². The lowest BCUT2D eigenvalue weighted by Crippen LogP contribution is -2.38. The summed E-state index contributed by atoms with van der Waals surface area (Å²) in [4.78, 5) is 11.8. The minimum Gasteiger partial charge on any atom is -0.287 e. The van der Waals surface area contributed by atoms with E-state index < -0.39 is 0 Å². The van der Waals surface area contributed by atoms with Crippen LogP contribution in [0.15, 0.2) is 29.8 Å². The van der Waals surface area contributed by atoms with E-state index >= 15 is 0 Å². The number of benzene rings is 1. The SMILES string of the molecule is CCCc1ccccc1/C=C1\C(=O)NNC1(C)C. The first-order valence-electron chi connectivity index (χ1n) is 6.42. The maximum Gasteiger partial charge on any atom is 0.263 e. The molecule has 3 nitrogen and oxygen atoms in total. The van der Waals surface area contributed by atoms with Gasteiger partial charge in [-0.05, 0) is 37.5 Å². The summed E-state index contributed by atoms with van der Waals surface area (Å²) < 4.78 is 0. The van der Waals surface area contributed by atoms with Gasteiger partial charge in [0.25, 0.3) is 5.91 Å². The van der Waals surface area contributed by atoms with Crippen LogP contribution >= 0.6 is 0 Å². The van der Waals surface area contributed by atoms with E-state index in [0.29, 0.717) is 0 Å². The number of nitrogens with one attached hydrogen (secondary N) is 2. The van der Waals surface area contributed by atoms with Crippen LogP contribution in [0.1, 0.15) is 38.3 Å². The van der Waals surface area contributed by atoms with Gasteiger partial charge < -0.3 is 0 Å². The van der Waals surface area contributed by atoms with Crippen LogP contribution in [0.2, 0.25) is 0 Å². The molecule has 18 heavy (non-hydrogen) atoms. The van der Waals surface area contributed by atoms with Crippen molar-refractivity contribution < 1.29 is 4.79 Å². The molecule has 0 aromatic heterocycles. The van der Waals surface area contributed by atoms with Gasteiger partial charge in [0.1, 0.15) is 0 Å². The van der Waals surface area contributed by atoms with E-state index in [1.165, 1.54) is 5.56 Å². The van der Waals surface area contributed by atoms with E-state index in [9.17, 15) is 4.79 Å². The second-order valence-electron chi connectivity index (χ2n) is 5.21. The maximum atomic E-state index is 11.8. The highest BCUT2D eigenvalue weighted by Gasteiger charge is 2.34. The molecule has 1 aromatic rings. The monoisotopic (exact) mass is 244 g/mol. The minimum absolute atomic E-state index is 0.0358. The van der Waals surface area contributed by atoms with Crippen LogP contribution in [0, 0.1) is 0 Å². The summed E-state index contributed by atoms with van der Waals surface area (Å²) in [6.07, 6.45) is 4.14. The van der Waals surface area contributed by atoms with Crippen molar-refractivity contribution in [1.29, 1.82) is 0 Å². The number of amides is 1. The van der Waals surface area contributed by atoms with E-state index in [1.807, 2.05) is 32.1 Å². The molecular formula is C15H20N2O. The molecular weight excluding hydrogens is 224 g/mol. The highest BCUT2D eigenvalue weighted by atomic mass is 16.2. The first kappa shape index (κ1) is 12.8. The highest BCUT2D eigenvalue weighted by molar-refractivity contribution is 6.02. The van der Waals surface area contributed by atoms with Crippen LogP contribution in [0.25, 0.3) is 6.08 Å². The second kappa shape index (κ2) is 4.94.